The van der Waals surface area contributed by atoms with Gasteiger partial charge in [-0.25, -0.2) is 0 Å². The number of anilines is 2. The molecule has 1 aliphatic rings. The van der Waals surface area contributed by atoms with Gasteiger partial charge in [-0.3, -0.25) is 10.1 Å². The van der Waals surface area contributed by atoms with Crippen LogP contribution >= 0.6 is 11.6 Å². The van der Waals surface area contributed by atoms with E-state index in [1.807, 2.05) is 14.1 Å². The summed E-state index contributed by atoms with van der Waals surface area (Å²) in [6.07, 6.45) is 1.73. The zero-order valence-corrected chi connectivity index (χ0v) is 14.2. The van der Waals surface area contributed by atoms with Crippen molar-refractivity contribution in [2.24, 2.45) is 0 Å². The molecule has 1 saturated heterocycles. The summed E-state index contributed by atoms with van der Waals surface area (Å²) in [5.74, 6) is 1.46. The first kappa shape index (κ1) is 16.5. The van der Waals surface area contributed by atoms with Crippen LogP contribution in [0.4, 0.5) is 17.3 Å². The summed E-state index contributed by atoms with van der Waals surface area (Å²) in [6, 6.07) is 4.58. The Kier molecular flexibility index (Phi) is 4.57. The maximum atomic E-state index is 10.8. The van der Waals surface area contributed by atoms with Gasteiger partial charge in [-0.2, -0.15) is 4.98 Å². The van der Waals surface area contributed by atoms with Crippen LogP contribution in [-0.2, 0) is 0 Å². The lowest BCUT2D eigenvalue weighted by molar-refractivity contribution is -0.384. The largest absolute Gasteiger partial charge is 0.370 e. The second-order valence-corrected chi connectivity index (χ2v) is 6.39. The van der Waals surface area contributed by atoms with Gasteiger partial charge in [0.25, 0.3) is 11.6 Å². The Balaban J connectivity index is 1.67. The molecule has 0 bridgehead atoms. The molecule has 0 N–H and O–H groups in total. The highest BCUT2D eigenvalue weighted by atomic mass is 35.5. The summed E-state index contributed by atoms with van der Waals surface area (Å²) >= 11 is 6.21. The van der Waals surface area contributed by atoms with E-state index in [0.29, 0.717) is 16.9 Å². The highest BCUT2D eigenvalue weighted by Crippen LogP contribution is 2.35. The van der Waals surface area contributed by atoms with Crippen molar-refractivity contribution in [2.45, 2.75) is 18.8 Å². The molecule has 8 nitrogen and oxygen atoms in total. The summed E-state index contributed by atoms with van der Waals surface area (Å²) < 4.78 is 5.35. The summed E-state index contributed by atoms with van der Waals surface area (Å²) in [6.45, 7) is 1.56. The fourth-order valence-corrected chi connectivity index (χ4v) is 3.10. The zero-order valence-electron chi connectivity index (χ0n) is 13.5. The Labute approximate surface area is 144 Å². The minimum absolute atomic E-state index is 0.000658. The van der Waals surface area contributed by atoms with Crippen molar-refractivity contribution in [2.75, 3.05) is 37.0 Å². The Hall–Kier alpha value is -2.35. The van der Waals surface area contributed by atoms with E-state index in [9.17, 15) is 10.1 Å². The molecule has 0 aliphatic carbocycles. The lowest BCUT2D eigenvalue weighted by Crippen LogP contribution is -2.33. The summed E-state index contributed by atoms with van der Waals surface area (Å²) in [5.41, 5.74) is 0.820. The molecular formula is C15H18ClN5O3. The molecule has 0 amide bonds. The van der Waals surface area contributed by atoms with Gasteiger partial charge in [0.05, 0.1) is 15.6 Å². The SMILES string of the molecule is CN(C)c1noc(C2CCN(c3ccc([N+](=O)[O-])cc3Cl)CC2)n1. The van der Waals surface area contributed by atoms with E-state index in [-0.39, 0.29) is 11.6 Å². The van der Waals surface area contributed by atoms with Crippen molar-refractivity contribution < 1.29 is 9.45 Å². The van der Waals surface area contributed by atoms with Crippen molar-refractivity contribution in [3.05, 3.63) is 39.2 Å². The van der Waals surface area contributed by atoms with Crippen molar-refractivity contribution in [1.29, 1.82) is 0 Å². The number of hydrogen-bond donors (Lipinski definition) is 0. The first-order valence-electron chi connectivity index (χ1n) is 7.65. The topological polar surface area (TPSA) is 88.5 Å². The van der Waals surface area contributed by atoms with Crippen LogP contribution in [0.1, 0.15) is 24.7 Å². The maximum absolute atomic E-state index is 10.8. The number of nitro groups is 1. The van der Waals surface area contributed by atoms with E-state index in [4.69, 9.17) is 16.1 Å². The fraction of sp³-hybridized carbons (Fsp3) is 0.467. The second-order valence-electron chi connectivity index (χ2n) is 5.98. The van der Waals surface area contributed by atoms with Crippen LogP contribution in [-0.4, -0.2) is 42.2 Å². The van der Waals surface area contributed by atoms with Gasteiger partial charge < -0.3 is 14.3 Å². The van der Waals surface area contributed by atoms with E-state index in [2.05, 4.69) is 15.0 Å². The Morgan fingerprint density at radius 1 is 1.38 bits per heavy atom. The second kappa shape index (κ2) is 6.64. The van der Waals surface area contributed by atoms with Crippen LogP contribution in [0.2, 0.25) is 5.02 Å². The van der Waals surface area contributed by atoms with E-state index in [1.165, 1.54) is 12.1 Å². The number of benzene rings is 1. The third-order valence-electron chi connectivity index (χ3n) is 4.16. The minimum Gasteiger partial charge on any atom is -0.370 e. The molecule has 1 aromatic heterocycles. The maximum Gasteiger partial charge on any atom is 0.271 e. The van der Waals surface area contributed by atoms with Crippen LogP contribution in [0, 0.1) is 10.1 Å². The molecule has 24 heavy (non-hydrogen) atoms. The number of nitro benzene ring substituents is 1. The molecule has 3 rings (SSSR count). The molecule has 1 aromatic carbocycles. The molecule has 0 unspecified atom stereocenters. The third-order valence-corrected chi connectivity index (χ3v) is 4.46. The monoisotopic (exact) mass is 351 g/mol. The van der Waals surface area contributed by atoms with Crippen LogP contribution in [0.5, 0.6) is 0 Å². The lowest BCUT2D eigenvalue weighted by Gasteiger charge is -2.32. The predicted octanol–water partition coefficient (Wildman–Crippen LogP) is 3.08. The molecule has 0 atom stereocenters. The van der Waals surface area contributed by atoms with Crippen molar-refractivity contribution in [3.8, 4) is 0 Å². The molecule has 1 aliphatic heterocycles. The predicted molar refractivity (Wildman–Crippen MR) is 90.9 cm³/mol. The van der Waals surface area contributed by atoms with Gasteiger partial charge in [0.15, 0.2) is 0 Å². The number of piperidine rings is 1. The van der Waals surface area contributed by atoms with Crippen molar-refractivity contribution >= 4 is 28.9 Å². The average Bonchev–Trinajstić information content (AvgIpc) is 3.05. The first-order valence-corrected chi connectivity index (χ1v) is 8.03. The number of hydrogen-bond acceptors (Lipinski definition) is 7. The first-order chi connectivity index (χ1) is 11.5. The number of aromatic nitrogens is 2. The van der Waals surface area contributed by atoms with Crippen LogP contribution < -0.4 is 9.80 Å². The Bertz CT molecular complexity index is 740. The summed E-state index contributed by atoms with van der Waals surface area (Å²) in [7, 11) is 3.74. The quantitative estimate of drug-likeness (QED) is 0.617. The van der Waals surface area contributed by atoms with Crippen molar-refractivity contribution in [3.63, 3.8) is 0 Å². The van der Waals surface area contributed by atoms with E-state index < -0.39 is 4.92 Å². The molecule has 2 aromatic rings. The van der Waals surface area contributed by atoms with E-state index in [1.54, 1.807) is 11.0 Å². The lowest BCUT2D eigenvalue weighted by atomic mass is 9.96. The molecule has 0 spiro atoms. The third kappa shape index (κ3) is 3.28. The van der Waals surface area contributed by atoms with Crippen molar-refractivity contribution in [1.82, 2.24) is 10.1 Å². The molecule has 128 valence electrons. The van der Waals surface area contributed by atoms with Gasteiger partial charge in [-0.1, -0.05) is 11.6 Å². The average molecular weight is 352 g/mol. The Morgan fingerprint density at radius 3 is 2.62 bits per heavy atom. The van der Waals surface area contributed by atoms with Gasteiger partial charge in [-0.05, 0) is 24.1 Å². The highest BCUT2D eigenvalue weighted by molar-refractivity contribution is 6.33. The normalized spacial score (nSPS) is 15.5. The zero-order chi connectivity index (χ0) is 17.3. The van der Waals surface area contributed by atoms with Gasteiger partial charge in [0.2, 0.25) is 5.89 Å². The number of non-ortho nitro benzene ring substituents is 1. The van der Waals surface area contributed by atoms with Crippen LogP contribution in [0.3, 0.4) is 0 Å². The molecule has 1 fully saturated rings. The number of rotatable bonds is 4. The van der Waals surface area contributed by atoms with Gasteiger partial charge >= 0.3 is 0 Å². The smallest absolute Gasteiger partial charge is 0.271 e. The highest BCUT2D eigenvalue weighted by Gasteiger charge is 2.27. The molecule has 2 heterocycles. The number of halogens is 1. The number of nitrogens with zero attached hydrogens (tertiary/aromatic N) is 5. The Morgan fingerprint density at radius 2 is 2.08 bits per heavy atom. The van der Waals surface area contributed by atoms with Gasteiger partial charge in [0.1, 0.15) is 0 Å². The summed E-state index contributed by atoms with van der Waals surface area (Å²) in [4.78, 5) is 18.7. The molecule has 9 heteroatoms. The fourth-order valence-electron chi connectivity index (χ4n) is 2.81. The van der Waals surface area contributed by atoms with Gasteiger partial charge in [-0.15, -0.1) is 0 Å². The van der Waals surface area contributed by atoms with E-state index in [0.717, 1.165) is 31.6 Å². The molecule has 0 radical (unpaired) electrons. The standard InChI is InChI=1S/C15H18ClN5O3/c1-19(2)15-17-14(24-18-15)10-5-7-20(8-6-10)13-4-3-11(21(22)23)9-12(13)16/h3-4,9-10H,5-8H2,1-2H3. The van der Waals surface area contributed by atoms with Gasteiger partial charge in [0, 0.05) is 45.2 Å². The molecule has 0 saturated carbocycles. The van der Waals surface area contributed by atoms with Crippen LogP contribution in [0.25, 0.3) is 0 Å². The summed E-state index contributed by atoms with van der Waals surface area (Å²) in [5, 5.41) is 15.1. The molecular weight excluding hydrogens is 334 g/mol. The van der Waals surface area contributed by atoms with E-state index >= 15 is 0 Å². The minimum atomic E-state index is -0.445. The van der Waals surface area contributed by atoms with Crippen LogP contribution in [0.15, 0.2) is 22.7 Å².